The lowest BCUT2D eigenvalue weighted by Crippen LogP contribution is -2.10. The van der Waals surface area contributed by atoms with Crippen molar-refractivity contribution in [1.82, 2.24) is 9.97 Å². The molecule has 88 valence electrons. The van der Waals surface area contributed by atoms with Gasteiger partial charge in [0.25, 0.3) is 0 Å². The highest BCUT2D eigenvalue weighted by Crippen LogP contribution is 2.16. The monoisotopic (exact) mass is 235 g/mol. The van der Waals surface area contributed by atoms with E-state index >= 15 is 0 Å². The molecule has 0 saturated carbocycles. The van der Waals surface area contributed by atoms with Gasteiger partial charge in [0.15, 0.2) is 0 Å². The predicted octanol–water partition coefficient (Wildman–Crippen LogP) is 2.93. The van der Waals surface area contributed by atoms with Crippen LogP contribution in [0.3, 0.4) is 0 Å². The topological polar surface area (TPSA) is 37.8 Å². The Hall–Kier alpha value is -2.04. The first-order chi connectivity index (χ1) is 8.15. The molecule has 0 unspecified atom stereocenters. The van der Waals surface area contributed by atoms with Crippen LogP contribution < -0.4 is 5.32 Å². The average molecular weight is 235 g/mol. The third-order valence-electron chi connectivity index (χ3n) is 2.31. The van der Waals surface area contributed by atoms with Crippen LogP contribution in [-0.2, 0) is 0 Å². The lowest BCUT2D eigenvalue weighted by Gasteiger charge is -2.13. The minimum absolute atomic E-state index is 0.0566. The number of aromatic nitrogens is 2. The van der Waals surface area contributed by atoms with E-state index in [1.807, 2.05) is 37.3 Å². The summed E-state index contributed by atoms with van der Waals surface area (Å²) >= 11 is 0. The Morgan fingerprint density at radius 3 is 2.24 bits per heavy atom. The number of halogens is 2. The summed E-state index contributed by atoms with van der Waals surface area (Å²) in [5.41, 5.74) is 0.987. The summed E-state index contributed by atoms with van der Waals surface area (Å²) in [7, 11) is 0. The Bertz CT molecular complexity index is 482. The molecule has 0 aliphatic heterocycles. The summed E-state index contributed by atoms with van der Waals surface area (Å²) in [5.74, 6) is -1.83. The second-order valence-electron chi connectivity index (χ2n) is 3.61. The maximum absolute atomic E-state index is 12.8. The number of nitrogens with zero attached hydrogens (tertiary/aromatic N) is 2. The van der Waals surface area contributed by atoms with Crippen molar-refractivity contribution in [3.05, 3.63) is 53.9 Å². The standard InChI is InChI=1S/C12H11F2N3/c1-8(9-5-3-2-4-6-9)15-12-16-10(13)7-11(14)17-12/h2-8H,1H3,(H,15,16,17)/t8-/m0/s1. The molecule has 3 nitrogen and oxygen atoms in total. The number of hydrogen-bond donors (Lipinski definition) is 1. The molecule has 0 radical (unpaired) electrons. The predicted molar refractivity (Wildman–Crippen MR) is 60.4 cm³/mol. The van der Waals surface area contributed by atoms with E-state index in [1.54, 1.807) is 0 Å². The van der Waals surface area contributed by atoms with Crippen LogP contribution in [0.2, 0.25) is 0 Å². The second-order valence-corrected chi connectivity index (χ2v) is 3.61. The van der Waals surface area contributed by atoms with Gasteiger partial charge >= 0.3 is 0 Å². The first-order valence-corrected chi connectivity index (χ1v) is 5.17. The largest absolute Gasteiger partial charge is 0.348 e. The second kappa shape index (κ2) is 4.86. The van der Waals surface area contributed by atoms with Gasteiger partial charge in [-0.3, -0.25) is 0 Å². The highest BCUT2D eigenvalue weighted by atomic mass is 19.1. The Morgan fingerprint density at radius 1 is 1.06 bits per heavy atom. The van der Waals surface area contributed by atoms with Gasteiger partial charge in [-0.05, 0) is 12.5 Å². The summed E-state index contributed by atoms with van der Waals surface area (Å²) in [4.78, 5) is 6.94. The number of anilines is 1. The van der Waals surface area contributed by atoms with Crippen molar-refractivity contribution in [3.63, 3.8) is 0 Å². The minimum Gasteiger partial charge on any atom is -0.348 e. The van der Waals surface area contributed by atoms with E-state index in [9.17, 15) is 8.78 Å². The zero-order valence-corrected chi connectivity index (χ0v) is 9.19. The first-order valence-electron chi connectivity index (χ1n) is 5.17. The third kappa shape index (κ3) is 2.96. The smallest absolute Gasteiger partial charge is 0.228 e. The molecule has 2 rings (SSSR count). The lowest BCUT2D eigenvalue weighted by atomic mass is 10.1. The molecule has 0 aliphatic carbocycles. The molecule has 1 aromatic heterocycles. The van der Waals surface area contributed by atoms with Gasteiger partial charge in [-0.25, -0.2) is 0 Å². The Kier molecular flexibility index (Phi) is 3.27. The average Bonchev–Trinajstić information content (AvgIpc) is 2.28. The molecule has 2 aromatic rings. The summed E-state index contributed by atoms with van der Waals surface area (Å²) in [6.07, 6.45) is 0. The van der Waals surface area contributed by atoms with Crippen molar-refractivity contribution in [2.75, 3.05) is 5.32 Å². The molecule has 0 aliphatic rings. The minimum atomic E-state index is -0.889. The van der Waals surface area contributed by atoms with E-state index in [1.165, 1.54) is 0 Å². The molecule has 1 aromatic carbocycles. The van der Waals surface area contributed by atoms with E-state index in [2.05, 4.69) is 15.3 Å². The third-order valence-corrected chi connectivity index (χ3v) is 2.31. The van der Waals surface area contributed by atoms with E-state index in [0.29, 0.717) is 6.07 Å². The van der Waals surface area contributed by atoms with E-state index < -0.39 is 11.9 Å². The summed E-state index contributed by atoms with van der Waals surface area (Å²) < 4.78 is 25.7. The Labute approximate surface area is 97.5 Å². The Morgan fingerprint density at radius 2 is 1.65 bits per heavy atom. The lowest BCUT2D eigenvalue weighted by molar-refractivity contribution is 0.526. The SMILES string of the molecule is C[C@H](Nc1nc(F)cc(F)n1)c1ccccc1. The molecule has 0 saturated heterocycles. The van der Waals surface area contributed by atoms with Crippen LogP contribution in [0.25, 0.3) is 0 Å². The van der Waals surface area contributed by atoms with Crippen LogP contribution in [0.5, 0.6) is 0 Å². The normalized spacial score (nSPS) is 12.2. The zero-order chi connectivity index (χ0) is 12.3. The van der Waals surface area contributed by atoms with Crippen LogP contribution in [0.15, 0.2) is 36.4 Å². The van der Waals surface area contributed by atoms with Gasteiger partial charge in [-0.1, -0.05) is 30.3 Å². The van der Waals surface area contributed by atoms with Gasteiger partial charge in [0.05, 0.1) is 6.04 Å². The molecule has 0 amide bonds. The van der Waals surface area contributed by atoms with Crippen LogP contribution in [0.1, 0.15) is 18.5 Å². The fraction of sp³-hybridized carbons (Fsp3) is 0.167. The van der Waals surface area contributed by atoms with Crippen LogP contribution in [0.4, 0.5) is 14.7 Å². The van der Waals surface area contributed by atoms with Crippen molar-refractivity contribution < 1.29 is 8.78 Å². The molecule has 1 N–H and O–H groups in total. The van der Waals surface area contributed by atoms with E-state index in [4.69, 9.17) is 0 Å². The van der Waals surface area contributed by atoms with Gasteiger partial charge in [0.1, 0.15) is 0 Å². The van der Waals surface area contributed by atoms with Gasteiger partial charge in [0, 0.05) is 6.07 Å². The van der Waals surface area contributed by atoms with Gasteiger partial charge < -0.3 is 5.32 Å². The fourth-order valence-electron chi connectivity index (χ4n) is 1.47. The molecular formula is C12H11F2N3. The number of rotatable bonds is 3. The van der Waals surface area contributed by atoms with Crippen molar-refractivity contribution in [2.24, 2.45) is 0 Å². The molecular weight excluding hydrogens is 224 g/mol. The number of nitrogens with one attached hydrogen (secondary N) is 1. The Balaban J connectivity index is 2.16. The van der Waals surface area contributed by atoms with Gasteiger partial charge in [-0.2, -0.15) is 18.7 Å². The quantitative estimate of drug-likeness (QED) is 0.831. The van der Waals surface area contributed by atoms with E-state index in [0.717, 1.165) is 5.56 Å². The highest BCUT2D eigenvalue weighted by molar-refractivity contribution is 5.30. The number of benzene rings is 1. The van der Waals surface area contributed by atoms with Gasteiger partial charge in [-0.15, -0.1) is 0 Å². The molecule has 0 fully saturated rings. The van der Waals surface area contributed by atoms with Crippen molar-refractivity contribution >= 4 is 5.95 Å². The summed E-state index contributed by atoms with van der Waals surface area (Å²) in [6.45, 7) is 1.86. The van der Waals surface area contributed by atoms with Crippen LogP contribution in [0, 0.1) is 11.9 Å². The van der Waals surface area contributed by atoms with E-state index in [-0.39, 0.29) is 12.0 Å². The molecule has 0 spiro atoms. The first kappa shape index (κ1) is 11.4. The molecule has 1 heterocycles. The molecule has 1 atom stereocenters. The van der Waals surface area contributed by atoms with Crippen LogP contribution in [-0.4, -0.2) is 9.97 Å². The van der Waals surface area contributed by atoms with Crippen molar-refractivity contribution in [1.29, 1.82) is 0 Å². The molecule has 0 bridgehead atoms. The maximum atomic E-state index is 12.8. The van der Waals surface area contributed by atoms with Gasteiger partial charge in [0.2, 0.25) is 17.8 Å². The molecule has 17 heavy (non-hydrogen) atoms. The van der Waals surface area contributed by atoms with Crippen molar-refractivity contribution in [2.45, 2.75) is 13.0 Å². The van der Waals surface area contributed by atoms with Crippen LogP contribution >= 0.6 is 0 Å². The number of hydrogen-bond acceptors (Lipinski definition) is 3. The fourth-order valence-corrected chi connectivity index (χ4v) is 1.47. The van der Waals surface area contributed by atoms with Crippen molar-refractivity contribution in [3.8, 4) is 0 Å². The zero-order valence-electron chi connectivity index (χ0n) is 9.19. The highest BCUT2D eigenvalue weighted by Gasteiger charge is 2.08. The molecule has 5 heteroatoms. The summed E-state index contributed by atoms with van der Waals surface area (Å²) in [6, 6.07) is 10.0. The maximum Gasteiger partial charge on any atom is 0.228 e. The summed E-state index contributed by atoms with van der Waals surface area (Å²) in [5, 5.41) is 2.84.